The van der Waals surface area contributed by atoms with Gasteiger partial charge < -0.3 is 0 Å². The van der Waals surface area contributed by atoms with Gasteiger partial charge in [-0.3, -0.25) is 9.17 Å². The Labute approximate surface area is 95.6 Å². The smallest absolute Gasteiger partial charge is 0.267 e. The molecule has 1 aromatic carbocycles. The zero-order valence-corrected chi connectivity index (χ0v) is 9.12. The maximum atomic E-state index is 11.5. The molecule has 0 amide bonds. The van der Waals surface area contributed by atoms with Crippen LogP contribution >= 0.6 is 11.5 Å². The Kier molecular flexibility index (Phi) is 2.08. The standard InChI is InChI=1S/C12H8N2OS/c15-11-10-6-9(7-13-12(10)16-14-11)8-4-2-1-3-5-8/h1-7H,(H,14,15). The Morgan fingerprint density at radius 2 is 1.94 bits per heavy atom. The quantitative estimate of drug-likeness (QED) is 0.696. The average molecular weight is 228 g/mol. The van der Waals surface area contributed by atoms with E-state index in [9.17, 15) is 4.79 Å². The Hall–Kier alpha value is -1.94. The second kappa shape index (κ2) is 3.57. The molecule has 3 rings (SSSR count). The van der Waals surface area contributed by atoms with Crippen LogP contribution in [0.1, 0.15) is 0 Å². The van der Waals surface area contributed by atoms with Gasteiger partial charge in [-0.1, -0.05) is 30.3 Å². The third-order valence-corrected chi connectivity index (χ3v) is 3.25. The fourth-order valence-corrected chi connectivity index (χ4v) is 2.30. The summed E-state index contributed by atoms with van der Waals surface area (Å²) in [5, 5.41) is 0.659. The summed E-state index contributed by atoms with van der Waals surface area (Å²) in [6, 6.07) is 11.8. The maximum absolute atomic E-state index is 11.5. The molecule has 0 saturated heterocycles. The van der Waals surface area contributed by atoms with Gasteiger partial charge in [0.15, 0.2) is 0 Å². The number of pyridine rings is 1. The molecule has 0 saturated carbocycles. The van der Waals surface area contributed by atoms with Crippen LogP contribution in [-0.4, -0.2) is 9.36 Å². The molecule has 0 aliphatic heterocycles. The molecule has 3 nitrogen and oxygen atoms in total. The number of aromatic nitrogens is 2. The van der Waals surface area contributed by atoms with E-state index in [1.807, 2.05) is 36.4 Å². The van der Waals surface area contributed by atoms with Crippen molar-refractivity contribution in [3.63, 3.8) is 0 Å². The van der Waals surface area contributed by atoms with E-state index < -0.39 is 0 Å². The van der Waals surface area contributed by atoms with E-state index in [2.05, 4.69) is 9.36 Å². The molecule has 0 bridgehead atoms. The first-order valence-corrected chi connectivity index (χ1v) is 5.69. The molecule has 78 valence electrons. The van der Waals surface area contributed by atoms with Gasteiger partial charge in [-0.05, 0) is 23.2 Å². The first-order valence-electron chi connectivity index (χ1n) is 4.87. The Morgan fingerprint density at radius 3 is 2.75 bits per heavy atom. The molecule has 4 heteroatoms. The monoisotopic (exact) mass is 228 g/mol. The van der Waals surface area contributed by atoms with E-state index in [-0.39, 0.29) is 5.56 Å². The van der Waals surface area contributed by atoms with Gasteiger partial charge in [0.05, 0.1) is 5.39 Å². The number of nitrogens with zero attached hydrogens (tertiary/aromatic N) is 1. The van der Waals surface area contributed by atoms with E-state index in [0.29, 0.717) is 5.39 Å². The number of H-pyrrole nitrogens is 1. The SMILES string of the molecule is O=c1[nH]sc2ncc(-c3ccccc3)cc12. The lowest BCUT2D eigenvalue weighted by Crippen LogP contribution is -1.96. The summed E-state index contributed by atoms with van der Waals surface area (Å²) in [5.74, 6) is 0. The second-order valence-corrected chi connectivity index (χ2v) is 4.27. The van der Waals surface area contributed by atoms with Crippen molar-refractivity contribution in [3.05, 3.63) is 52.9 Å². The number of fused-ring (bicyclic) bond motifs is 1. The normalized spacial score (nSPS) is 10.8. The number of hydrogen-bond donors (Lipinski definition) is 1. The fourth-order valence-electron chi connectivity index (χ4n) is 1.63. The highest BCUT2D eigenvalue weighted by Crippen LogP contribution is 2.21. The highest BCUT2D eigenvalue weighted by Gasteiger charge is 2.04. The summed E-state index contributed by atoms with van der Waals surface area (Å²) in [5.41, 5.74) is 1.98. The number of rotatable bonds is 1. The number of nitrogens with one attached hydrogen (secondary N) is 1. The van der Waals surface area contributed by atoms with Crippen LogP contribution in [0.15, 0.2) is 47.4 Å². The lowest BCUT2D eigenvalue weighted by molar-refractivity contribution is 1.42. The third-order valence-electron chi connectivity index (χ3n) is 2.44. The largest absolute Gasteiger partial charge is 0.275 e. The van der Waals surface area contributed by atoms with Gasteiger partial charge in [-0.15, -0.1) is 0 Å². The van der Waals surface area contributed by atoms with Gasteiger partial charge in [0.2, 0.25) is 0 Å². The average Bonchev–Trinajstić information content (AvgIpc) is 2.72. The first-order chi connectivity index (χ1) is 7.84. The van der Waals surface area contributed by atoms with Crippen molar-refractivity contribution in [2.75, 3.05) is 0 Å². The van der Waals surface area contributed by atoms with Crippen LogP contribution in [0.3, 0.4) is 0 Å². The molecule has 3 aromatic rings. The van der Waals surface area contributed by atoms with Crippen LogP contribution in [-0.2, 0) is 0 Å². The minimum Gasteiger partial charge on any atom is -0.275 e. The molecular formula is C12H8N2OS. The molecule has 2 heterocycles. The zero-order valence-electron chi connectivity index (χ0n) is 8.31. The Morgan fingerprint density at radius 1 is 1.12 bits per heavy atom. The molecule has 1 N–H and O–H groups in total. The minimum atomic E-state index is -0.0646. The van der Waals surface area contributed by atoms with Crippen LogP contribution in [0.5, 0.6) is 0 Å². The first kappa shape index (κ1) is 9.30. The molecule has 0 aliphatic rings. The lowest BCUT2D eigenvalue weighted by atomic mass is 10.1. The molecule has 2 aromatic heterocycles. The molecule has 0 fully saturated rings. The van der Waals surface area contributed by atoms with Crippen molar-refractivity contribution >= 4 is 21.7 Å². The van der Waals surface area contributed by atoms with Crippen molar-refractivity contribution in [2.24, 2.45) is 0 Å². The van der Waals surface area contributed by atoms with Crippen LogP contribution in [0.4, 0.5) is 0 Å². The van der Waals surface area contributed by atoms with Crippen molar-refractivity contribution in [1.82, 2.24) is 9.36 Å². The van der Waals surface area contributed by atoms with Gasteiger partial charge in [0.25, 0.3) is 5.56 Å². The Bertz CT molecular complexity index is 685. The van der Waals surface area contributed by atoms with Crippen molar-refractivity contribution in [3.8, 4) is 11.1 Å². The summed E-state index contributed by atoms with van der Waals surface area (Å²) in [4.78, 5) is 16.5. The summed E-state index contributed by atoms with van der Waals surface area (Å²) in [6.45, 7) is 0. The molecule has 0 unspecified atom stereocenters. The van der Waals surface area contributed by atoms with Crippen molar-refractivity contribution < 1.29 is 0 Å². The summed E-state index contributed by atoms with van der Waals surface area (Å²) in [7, 11) is 0. The summed E-state index contributed by atoms with van der Waals surface area (Å²) in [6.07, 6.45) is 1.79. The van der Waals surface area contributed by atoms with E-state index in [0.717, 1.165) is 16.0 Å². The maximum Gasteiger partial charge on any atom is 0.267 e. The van der Waals surface area contributed by atoms with Crippen molar-refractivity contribution in [2.45, 2.75) is 0 Å². The van der Waals surface area contributed by atoms with Gasteiger partial charge in [0, 0.05) is 11.8 Å². The topological polar surface area (TPSA) is 45.8 Å². The van der Waals surface area contributed by atoms with E-state index >= 15 is 0 Å². The summed E-state index contributed by atoms with van der Waals surface area (Å²) >= 11 is 1.27. The van der Waals surface area contributed by atoms with Crippen LogP contribution in [0.25, 0.3) is 21.3 Å². The molecule has 0 radical (unpaired) electrons. The molecule has 0 aliphatic carbocycles. The predicted octanol–water partition coefficient (Wildman–Crippen LogP) is 2.65. The highest BCUT2D eigenvalue weighted by molar-refractivity contribution is 7.12. The van der Waals surface area contributed by atoms with Gasteiger partial charge in [0.1, 0.15) is 4.83 Å². The third kappa shape index (κ3) is 1.44. The molecular weight excluding hydrogens is 220 g/mol. The lowest BCUT2D eigenvalue weighted by Gasteiger charge is -1.99. The van der Waals surface area contributed by atoms with Crippen LogP contribution in [0.2, 0.25) is 0 Å². The number of aromatic amines is 1. The Balaban J connectivity index is 2.26. The second-order valence-electron chi connectivity index (χ2n) is 3.48. The van der Waals surface area contributed by atoms with Crippen molar-refractivity contribution in [1.29, 1.82) is 0 Å². The van der Waals surface area contributed by atoms with Crippen LogP contribution in [0, 0.1) is 0 Å². The minimum absolute atomic E-state index is 0.0646. The van der Waals surface area contributed by atoms with Crippen LogP contribution < -0.4 is 5.56 Å². The van der Waals surface area contributed by atoms with E-state index in [4.69, 9.17) is 0 Å². The molecule has 0 atom stereocenters. The zero-order chi connectivity index (χ0) is 11.0. The van der Waals surface area contributed by atoms with E-state index in [1.165, 1.54) is 11.5 Å². The van der Waals surface area contributed by atoms with E-state index in [1.54, 1.807) is 6.20 Å². The van der Waals surface area contributed by atoms with Gasteiger partial charge in [-0.25, -0.2) is 4.98 Å². The summed E-state index contributed by atoms with van der Waals surface area (Å²) < 4.78 is 2.68. The fraction of sp³-hybridized carbons (Fsp3) is 0. The number of hydrogen-bond acceptors (Lipinski definition) is 3. The van der Waals surface area contributed by atoms with Gasteiger partial charge in [-0.2, -0.15) is 0 Å². The van der Waals surface area contributed by atoms with Gasteiger partial charge >= 0.3 is 0 Å². The number of benzene rings is 1. The molecule has 16 heavy (non-hydrogen) atoms. The molecule has 0 spiro atoms. The highest BCUT2D eigenvalue weighted by atomic mass is 32.1. The predicted molar refractivity (Wildman–Crippen MR) is 65.7 cm³/mol.